The summed E-state index contributed by atoms with van der Waals surface area (Å²) in [5.41, 5.74) is 10.6. The number of anilines is 3. The predicted octanol–water partition coefficient (Wildman–Crippen LogP) is 13.7. The van der Waals surface area contributed by atoms with Crippen molar-refractivity contribution < 1.29 is 13.3 Å². The molecule has 50 heavy (non-hydrogen) atoms. The summed E-state index contributed by atoms with van der Waals surface area (Å²) < 4.78 is 18.9. The maximum atomic E-state index is 6.33. The molecule has 4 heteroatoms. The van der Waals surface area contributed by atoms with Crippen LogP contribution in [0.2, 0.25) is 0 Å². The molecular weight excluding hydrogens is 615 g/mol. The molecule has 0 aliphatic carbocycles. The topological polar surface area (TPSA) is 42.7 Å². The van der Waals surface area contributed by atoms with Gasteiger partial charge >= 0.3 is 0 Å². The smallest absolute Gasteiger partial charge is 0.137 e. The van der Waals surface area contributed by atoms with Gasteiger partial charge in [-0.15, -0.1) is 0 Å². The highest BCUT2D eigenvalue weighted by atomic mass is 16.3. The number of furan rings is 3. The van der Waals surface area contributed by atoms with Crippen LogP contribution in [0.5, 0.6) is 0 Å². The molecule has 4 nitrogen and oxygen atoms in total. The zero-order valence-electron chi connectivity index (χ0n) is 26.8. The van der Waals surface area contributed by atoms with Crippen LogP contribution in [0.15, 0.2) is 177 Å². The molecule has 0 N–H and O–H groups in total. The van der Waals surface area contributed by atoms with Gasteiger partial charge in [0.1, 0.15) is 33.5 Å². The lowest BCUT2D eigenvalue weighted by molar-refractivity contribution is 0.668. The van der Waals surface area contributed by atoms with Crippen LogP contribution in [-0.2, 0) is 0 Å². The Bertz CT molecular complexity index is 2990. The lowest BCUT2D eigenvalue weighted by Crippen LogP contribution is -2.09. The van der Waals surface area contributed by atoms with E-state index in [0.29, 0.717) is 0 Å². The zero-order valence-corrected chi connectivity index (χ0v) is 26.8. The van der Waals surface area contributed by atoms with Crippen LogP contribution < -0.4 is 4.90 Å². The van der Waals surface area contributed by atoms with Gasteiger partial charge in [0.15, 0.2) is 0 Å². The minimum atomic E-state index is 0.852. The number of para-hydroxylation sites is 3. The van der Waals surface area contributed by atoms with Crippen molar-refractivity contribution in [2.45, 2.75) is 0 Å². The van der Waals surface area contributed by atoms with Crippen molar-refractivity contribution in [2.24, 2.45) is 0 Å². The maximum Gasteiger partial charge on any atom is 0.137 e. The monoisotopic (exact) mass is 641 g/mol. The first-order valence-corrected chi connectivity index (χ1v) is 16.8. The minimum Gasteiger partial charge on any atom is -0.456 e. The fourth-order valence-corrected chi connectivity index (χ4v) is 7.61. The molecule has 3 heterocycles. The molecule has 0 unspecified atom stereocenters. The van der Waals surface area contributed by atoms with Gasteiger partial charge in [0.05, 0.1) is 0 Å². The van der Waals surface area contributed by atoms with Crippen molar-refractivity contribution in [2.75, 3.05) is 4.90 Å². The molecule has 0 aliphatic rings. The summed E-state index contributed by atoms with van der Waals surface area (Å²) in [4.78, 5) is 2.27. The van der Waals surface area contributed by atoms with E-state index >= 15 is 0 Å². The minimum absolute atomic E-state index is 0.852. The Morgan fingerprint density at radius 3 is 1.32 bits per heavy atom. The summed E-state index contributed by atoms with van der Waals surface area (Å²) >= 11 is 0. The molecule has 0 radical (unpaired) electrons. The van der Waals surface area contributed by atoms with Gasteiger partial charge in [0.2, 0.25) is 0 Å². The van der Waals surface area contributed by atoms with E-state index in [0.717, 1.165) is 99.4 Å². The van der Waals surface area contributed by atoms with Crippen molar-refractivity contribution in [3.8, 4) is 11.1 Å². The van der Waals surface area contributed by atoms with E-state index < -0.39 is 0 Å². The van der Waals surface area contributed by atoms with E-state index in [1.165, 1.54) is 5.39 Å². The first kappa shape index (κ1) is 27.2. The summed E-state index contributed by atoms with van der Waals surface area (Å²) in [6.45, 7) is 0. The van der Waals surface area contributed by atoms with Gasteiger partial charge < -0.3 is 18.2 Å². The Balaban J connectivity index is 1.03. The molecule has 11 aromatic rings. The van der Waals surface area contributed by atoms with Crippen LogP contribution in [0.1, 0.15) is 0 Å². The van der Waals surface area contributed by atoms with Crippen LogP contribution in [0.3, 0.4) is 0 Å². The Morgan fingerprint density at radius 1 is 0.280 bits per heavy atom. The van der Waals surface area contributed by atoms with Gasteiger partial charge in [0, 0.05) is 61.5 Å². The summed E-state index contributed by atoms with van der Waals surface area (Å²) in [6, 6.07) is 57.4. The average Bonchev–Trinajstić information content (AvgIpc) is 3.84. The van der Waals surface area contributed by atoms with Gasteiger partial charge in [-0.25, -0.2) is 0 Å². The summed E-state index contributed by atoms with van der Waals surface area (Å²) in [5, 5.41) is 9.07. The highest BCUT2D eigenvalue weighted by Gasteiger charge is 2.18. The fraction of sp³-hybridized carbons (Fsp3) is 0. The highest BCUT2D eigenvalue weighted by Crippen LogP contribution is 2.41. The van der Waals surface area contributed by atoms with Crippen LogP contribution in [0.4, 0.5) is 17.1 Å². The molecule has 0 bridgehead atoms. The first-order chi connectivity index (χ1) is 24.7. The van der Waals surface area contributed by atoms with Crippen LogP contribution >= 0.6 is 0 Å². The van der Waals surface area contributed by atoms with Crippen molar-refractivity contribution in [3.05, 3.63) is 164 Å². The second kappa shape index (κ2) is 10.4. The third kappa shape index (κ3) is 4.12. The van der Waals surface area contributed by atoms with Crippen LogP contribution in [0.25, 0.3) is 87.7 Å². The molecule has 0 fully saturated rings. The Kier molecular flexibility index (Phi) is 5.63. The summed E-state index contributed by atoms with van der Waals surface area (Å²) in [7, 11) is 0. The zero-order chi connectivity index (χ0) is 32.8. The lowest BCUT2D eigenvalue weighted by Gasteiger charge is -2.25. The van der Waals surface area contributed by atoms with E-state index in [1.54, 1.807) is 0 Å². The Morgan fingerprint density at radius 2 is 0.740 bits per heavy atom. The SMILES string of the molecule is c1ccc2c(c1)oc1cc(N(c3ccc(-c4ccc5cc6c(cc5c4)oc4ccccc46)cc3)c3ccc4c(c3)oc3ccccc34)ccc12. The van der Waals surface area contributed by atoms with Gasteiger partial charge in [-0.1, -0.05) is 78.9 Å². The second-order valence-corrected chi connectivity index (χ2v) is 12.9. The third-order valence-electron chi connectivity index (χ3n) is 10.0. The van der Waals surface area contributed by atoms with Crippen molar-refractivity contribution in [1.29, 1.82) is 0 Å². The number of hydrogen-bond acceptors (Lipinski definition) is 4. The molecule has 0 amide bonds. The number of fused-ring (bicyclic) bond motifs is 10. The largest absolute Gasteiger partial charge is 0.456 e. The Labute approximate surface area is 286 Å². The van der Waals surface area contributed by atoms with Crippen molar-refractivity contribution >= 4 is 93.7 Å². The number of rotatable bonds is 4. The molecule has 8 aromatic carbocycles. The second-order valence-electron chi connectivity index (χ2n) is 12.9. The van der Waals surface area contributed by atoms with Crippen molar-refractivity contribution in [3.63, 3.8) is 0 Å². The molecule has 3 aromatic heterocycles. The lowest BCUT2D eigenvalue weighted by atomic mass is 9.99. The molecule has 0 saturated heterocycles. The van der Waals surface area contributed by atoms with Gasteiger partial charge in [-0.2, -0.15) is 0 Å². The normalized spacial score (nSPS) is 12.0. The summed E-state index contributed by atoms with van der Waals surface area (Å²) in [6.07, 6.45) is 0. The molecule has 11 rings (SSSR count). The summed E-state index contributed by atoms with van der Waals surface area (Å²) in [5.74, 6) is 0. The average molecular weight is 642 g/mol. The maximum absolute atomic E-state index is 6.33. The van der Waals surface area contributed by atoms with E-state index in [1.807, 2.05) is 36.4 Å². The fourth-order valence-electron chi connectivity index (χ4n) is 7.61. The van der Waals surface area contributed by atoms with Crippen LogP contribution in [-0.4, -0.2) is 0 Å². The number of benzene rings is 8. The first-order valence-electron chi connectivity index (χ1n) is 16.8. The van der Waals surface area contributed by atoms with E-state index in [4.69, 9.17) is 13.3 Å². The van der Waals surface area contributed by atoms with E-state index in [9.17, 15) is 0 Å². The van der Waals surface area contributed by atoms with E-state index in [2.05, 4.69) is 132 Å². The molecular formula is C46H27NO3. The highest BCUT2D eigenvalue weighted by molar-refractivity contribution is 6.11. The quantitative estimate of drug-likeness (QED) is 0.192. The van der Waals surface area contributed by atoms with Gasteiger partial charge in [-0.3, -0.25) is 0 Å². The van der Waals surface area contributed by atoms with E-state index in [-0.39, 0.29) is 0 Å². The van der Waals surface area contributed by atoms with Crippen molar-refractivity contribution in [1.82, 2.24) is 0 Å². The third-order valence-corrected chi connectivity index (χ3v) is 10.0. The molecule has 0 saturated carbocycles. The van der Waals surface area contributed by atoms with Gasteiger partial charge in [0.25, 0.3) is 0 Å². The predicted molar refractivity (Wildman–Crippen MR) is 206 cm³/mol. The number of hydrogen-bond donors (Lipinski definition) is 0. The molecule has 0 atom stereocenters. The number of nitrogens with zero attached hydrogens (tertiary/aromatic N) is 1. The van der Waals surface area contributed by atoms with Crippen LogP contribution in [0, 0.1) is 0 Å². The van der Waals surface area contributed by atoms with Gasteiger partial charge in [-0.05, 0) is 94.7 Å². The standard InChI is InChI=1S/C46H27NO3/c1-4-10-41-35(7-1)38-21-19-33(26-45(38)49-41)47(34-20-22-39-36-8-2-5-11-42(36)50-46(39)27-34)32-17-15-28(16-18-32)29-13-14-30-24-40-37-9-3-6-12-43(37)48-44(40)25-31(30)23-29/h1-27H. The molecule has 234 valence electrons. The molecule has 0 aliphatic heterocycles. The Hall–Kier alpha value is -6.78. The molecule has 0 spiro atoms.